The molecular formula is C23H26N2O5S4. The van der Waals surface area contributed by atoms with Gasteiger partial charge >= 0.3 is 5.63 Å². The minimum atomic E-state index is -0.616. The summed E-state index contributed by atoms with van der Waals surface area (Å²) in [5, 5.41) is 0.720. The fourth-order valence-electron chi connectivity index (χ4n) is 3.67. The number of ether oxygens (including phenoxy) is 2. The van der Waals surface area contributed by atoms with Gasteiger partial charge in [-0.3, -0.25) is 4.79 Å². The number of fused-ring (bicyclic) bond motifs is 1. The lowest BCUT2D eigenvalue weighted by Gasteiger charge is -2.30. The average Bonchev–Trinajstić information content (AvgIpc) is 2.88. The van der Waals surface area contributed by atoms with Crippen LogP contribution in [0.2, 0.25) is 0 Å². The highest BCUT2D eigenvalue weighted by molar-refractivity contribution is 8.23. The van der Waals surface area contributed by atoms with Crippen molar-refractivity contribution in [1.29, 1.82) is 0 Å². The molecule has 0 atom stereocenters. The van der Waals surface area contributed by atoms with E-state index in [2.05, 4.69) is 9.80 Å². The van der Waals surface area contributed by atoms with Crippen LogP contribution in [0.1, 0.15) is 10.4 Å². The third kappa shape index (κ3) is 6.58. The van der Waals surface area contributed by atoms with Crippen LogP contribution in [-0.2, 0) is 9.47 Å². The number of thiocarbonyl (C=S) groups is 2. The molecule has 1 aromatic heterocycles. The van der Waals surface area contributed by atoms with Crippen LogP contribution in [0.4, 0.5) is 0 Å². The molecule has 3 heterocycles. The molecule has 182 valence electrons. The fraction of sp³-hybridized carbons (Fsp3) is 0.478. The number of hydrogen-bond donors (Lipinski definition) is 0. The van der Waals surface area contributed by atoms with Gasteiger partial charge in [-0.2, -0.15) is 0 Å². The number of ketones is 1. The van der Waals surface area contributed by atoms with Crippen LogP contribution in [0.5, 0.6) is 0 Å². The Morgan fingerprint density at radius 3 is 2.00 bits per heavy atom. The van der Waals surface area contributed by atoms with Crippen LogP contribution in [0, 0.1) is 5.92 Å². The predicted octanol–water partition coefficient (Wildman–Crippen LogP) is 3.29. The summed E-state index contributed by atoms with van der Waals surface area (Å²) in [6.45, 7) is 5.55. The molecule has 0 saturated carbocycles. The minimum absolute atomic E-state index is 0.0690. The lowest BCUT2D eigenvalue weighted by atomic mass is 10.0. The quantitative estimate of drug-likeness (QED) is 0.309. The highest BCUT2D eigenvalue weighted by atomic mass is 32.2. The van der Waals surface area contributed by atoms with E-state index in [9.17, 15) is 9.59 Å². The second-order valence-electron chi connectivity index (χ2n) is 7.90. The molecule has 7 nitrogen and oxygen atoms in total. The van der Waals surface area contributed by atoms with Crippen LogP contribution in [0.3, 0.4) is 0 Å². The van der Waals surface area contributed by atoms with Gasteiger partial charge in [0.25, 0.3) is 0 Å². The van der Waals surface area contributed by atoms with Gasteiger partial charge in [-0.25, -0.2) is 4.79 Å². The van der Waals surface area contributed by atoms with E-state index < -0.39 is 11.5 Å². The molecular weight excluding hydrogens is 513 g/mol. The number of morpholine rings is 2. The van der Waals surface area contributed by atoms with Crippen molar-refractivity contribution in [3.8, 4) is 0 Å². The maximum absolute atomic E-state index is 13.5. The SMILES string of the molecule is O=C(c1cc2ccccc2oc1=O)C(CSC(=S)N1CCOCC1)CSC(=S)N1CCOCC1. The largest absolute Gasteiger partial charge is 0.422 e. The van der Waals surface area contributed by atoms with Gasteiger partial charge in [0, 0.05) is 49.0 Å². The zero-order valence-corrected chi connectivity index (χ0v) is 21.9. The molecule has 0 spiro atoms. The van der Waals surface area contributed by atoms with E-state index in [-0.39, 0.29) is 11.3 Å². The molecule has 2 aromatic rings. The molecule has 0 bridgehead atoms. The number of carbonyl (C=O) groups excluding carboxylic acids is 1. The van der Waals surface area contributed by atoms with Gasteiger partial charge in [0.15, 0.2) is 5.78 Å². The Kier molecular flexibility index (Phi) is 9.38. The van der Waals surface area contributed by atoms with Gasteiger partial charge in [0.2, 0.25) is 0 Å². The van der Waals surface area contributed by atoms with E-state index in [4.69, 9.17) is 38.3 Å². The third-order valence-electron chi connectivity index (χ3n) is 5.63. The van der Waals surface area contributed by atoms with Crippen molar-refractivity contribution >= 4 is 73.4 Å². The Morgan fingerprint density at radius 1 is 0.912 bits per heavy atom. The number of carbonyl (C=O) groups is 1. The first-order valence-corrected chi connectivity index (χ1v) is 13.9. The number of Topliss-reactive ketones (excluding diaryl/α,β-unsaturated/α-hetero) is 1. The maximum atomic E-state index is 13.5. The first-order chi connectivity index (χ1) is 16.5. The van der Waals surface area contributed by atoms with E-state index >= 15 is 0 Å². The van der Waals surface area contributed by atoms with Gasteiger partial charge in [-0.05, 0) is 12.1 Å². The van der Waals surface area contributed by atoms with E-state index in [0.717, 1.165) is 40.2 Å². The van der Waals surface area contributed by atoms with Gasteiger partial charge < -0.3 is 23.7 Å². The normalized spacial score (nSPS) is 16.7. The second kappa shape index (κ2) is 12.5. The molecule has 2 fully saturated rings. The predicted molar refractivity (Wildman–Crippen MR) is 145 cm³/mol. The summed E-state index contributed by atoms with van der Waals surface area (Å²) >= 11 is 14.2. The Morgan fingerprint density at radius 2 is 1.44 bits per heavy atom. The van der Waals surface area contributed by atoms with Crippen molar-refractivity contribution in [2.75, 3.05) is 64.1 Å². The average molecular weight is 539 g/mol. The summed E-state index contributed by atoms with van der Waals surface area (Å²) in [5.74, 6) is 0.228. The van der Waals surface area contributed by atoms with E-state index in [1.807, 2.05) is 12.1 Å². The molecule has 0 aliphatic carbocycles. The maximum Gasteiger partial charge on any atom is 0.347 e. The summed E-state index contributed by atoms with van der Waals surface area (Å²) in [7, 11) is 0. The van der Waals surface area contributed by atoms with Crippen molar-refractivity contribution in [3.05, 3.63) is 46.3 Å². The number of para-hydroxylation sites is 1. The highest BCUT2D eigenvalue weighted by Crippen LogP contribution is 2.24. The first kappa shape index (κ1) is 25.6. The van der Waals surface area contributed by atoms with E-state index in [0.29, 0.717) is 43.5 Å². The van der Waals surface area contributed by atoms with Crippen LogP contribution in [0.15, 0.2) is 39.5 Å². The molecule has 34 heavy (non-hydrogen) atoms. The Bertz CT molecular complexity index is 1060. The van der Waals surface area contributed by atoms with Gasteiger partial charge in [-0.15, -0.1) is 0 Å². The van der Waals surface area contributed by atoms with Gasteiger partial charge in [0.05, 0.1) is 26.4 Å². The van der Waals surface area contributed by atoms with Crippen molar-refractivity contribution in [3.63, 3.8) is 0 Å². The zero-order valence-electron chi connectivity index (χ0n) is 18.6. The third-order valence-corrected chi connectivity index (χ3v) is 9.00. The summed E-state index contributed by atoms with van der Waals surface area (Å²) in [5.41, 5.74) is -0.0824. The summed E-state index contributed by atoms with van der Waals surface area (Å²) in [4.78, 5) is 30.4. The summed E-state index contributed by atoms with van der Waals surface area (Å²) in [6.07, 6.45) is 0. The monoisotopic (exact) mass is 538 g/mol. The Labute approximate surface area is 217 Å². The molecule has 0 amide bonds. The topological polar surface area (TPSA) is 72.2 Å². The molecule has 1 aromatic carbocycles. The number of rotatable bonds is 6. The van der Waals surface area contributed by atoms with Crippen LogP contribution in [0.25, 0.3) is 11.0 Å². The summed E-state index contributed by atoms with van der Waals surface area (Å²) in [6, 6.07) is 8.82. The number of hydrogen-bond acceptors (Lipinski definition) is 9. The zero-order chi connectivity index (χ0) is 23.9. The van der Waals surface area contributed by atoms with E-state index in [1.54, 1.807) is 18.2 Å². The van der Waals surface area contributed by atoms with Gasteiger partial charge in [0.1, 0.15) is 19.8 Å². The summed E-state index contributed by atoms with van der Waals surface area (Å²) < 4.78 is 17.7. The molecule has 0 unspecified atom stereocenters. The van der Waals surface area contributed by atoms with Crippen LogP contribution >= 0.6 is 48.0 Å². The number of benzene rings is 1. The fourth-order valence-corrected chi connectivity index (χ4v) is 6.55. The standard InChI is InChI=1S/C23H26N2O5S4/c26-20(18-13-16-3-1-2-4-19(16)30-21(18)27)17(14-33-22(31)24-5-9-28-10-6-24)15-34-23(32)25-7-11-29-12-8-25/h1-4,13,17H,5-12,14-15H2. The number of nitrogens with zero attached hydrogens (tertiary/aromatic N) is 2. The Balaban J connectivity index is 1.49. The Hall–Kier alpha value is -1.50. The smallest absolute Gasteiger partial charge is 0.347 e. The van der Waals surface area contributed by atoms with E-state index in [1.165, 1.54) is 23.5 Å². The molecule has 4 rings (SSSR count). The van der Waals surface area contributed by atoms with Crippen molar-refractivity contribution in [1.82, 2.24) is 9.80 Å². The minimum Gasteiger partial charge on any atom is -0.422 e. The van der Waals surface area contributed by atoms with Crippen molar-refractivity contribution < 1.29 is 18.7 Å². The number of thioether (sulfide) groups is 2. The van der Waals surface area contributed by atoms with Crippen LogP contribution < -0.4 is 5.63 Å². The first-order valence-electron chi connectivity index (χ1n) is 11.1. The lowest BCUT2D eigenvalue weighted by molar-refractivity contribution is 0.0702. The lowest BCUT2D eigenvalue weighted by Crippen LogP contribution is -2.39. The molecule has 2 saturated heterocycles. The molecule has 2 aliphatic heterocycles. The van der Waals surface area contributed by atoms with Crippen LogP contribution in [-0.4, -0.2) is 88.3 Å². The molecule has 11 heteroatoms. The van der Waals surface area contributed by atoms with Crippen molar-refractivity contribution in [2.45, 2.75) is 0 Å². The van der Waals surface area contributed by atoms with Crippen molar-refractivity contribution in [2.24, 2.45) is 5.92 Å². The highest BCUT2D eigenvalue weighted by Gasteiger charge is 2.27. The molecule has 2 aliphatic rings. The molecule has 0 N–H and O–H groups in total. The molecule has 0 radical (unpaired) electrons. The van der Waals surface area contributed by atoms with Gasteiger partial charge in [-0.1, -0.05) is 66.2 Å². The second-order valence-corrected chi connectivity index (χ2v) is 11.2.